The molecule has 0 spiro atoms. The van der Waals surface area contributed by atoms with Gasteiger partial charge in [0.15, 0.2) is 0 Å². The number of methoxy groups -OCH3 is 2. The maximum Gasteiger partial charge on any atom is 0.318 e. The maximum atomic E-state index is 13.1. The first-order chi connectivity index (χ1) is 17.2. The second kappa shape index (κ2) is 10.1. The van der Waals surface area contributed by atoms with Crippen LogP contribution in [-0.4, -0.2) is 41.2 Å². The zero-order chi connectivity index (χ0) is 24.2. The van der Waals surface area contributed by atoms with Crippen LogP contribution < -0.4 is 14.8 Å². The van der Waals surface area contributed by atoms with Crippen LogP contribution in [0.25, 0.3) is 11.0 Å². The lowest BCUT2D eigenvalue weighted by Gasteiger charge is -2.27. The minimum Gasteiger partial charge on any atom is -0.497 e. The third-order valence-electron chi connectivity index (χ3n) is 6.66. The number of carbonyl (C=O) groups is 1. The number of amides is 2. The lowest BCUT2D eigenvalue weighted by Crippen LogP contribution is -2.39. The smallest absolute Gasteiger partial charge is 0.318 e. The molecule has 5 rings (SSSR count). The average molecular weight is 471 g/mol. The van der Waals surface area contributed by atoms with Gasteiger partial charge in [0, 0.05) is 31.3 Å². The first kappa shape index (κ1) is 22.8. The summed E-state index contributed by atoms with van der Waals surface area (Å²) in [6.45, 7) is 1.96. The van der Waals surface area contributed by atoms with E-state index in [0.717, 1.165) is 59.6 Å². The fraction of sp³-hybridized carbons (Fsp3) is 0.286. The Labute approximate surface area is 205 Å². The number of rotatable bonds is 7. The molecule has 7 heteroatoms. The van der Waals surface area contributed by atoms with Crippen molar-refractivity contribution in [2.45, 2.75) is 32.0 Å². The predicted molar refractivity (Wildman–Crippen MR) is 136 cm³/mol. The van der Waals surface area contributed by atoms with Crippen LogP contribution in [0.1, 0.15) is 35.6 Å². The predicted octanol–water partition coefficient (Wildman–Crippen LogP) is 5.15. The van der Waals surface area contributed by atoms with Gasteiger partial charge < -0.3 is 24.3 Å². The topological polar surface area (TPSA) is 68.6 Å². The fourth-order valence-corrected chi connectivity index (χ4v) is 4.80. The molecule has 2 heterocycles. The molecule has 1 aliphatic heterocycles. The summed E-state index contributed by atoms with van der Waals surface area (Å²) >= 11 is 0. The van der Waals surface area contributed by atoms with Gasteiger partial charge in [-0.05, 0) is 48.2 Å². The minimum atomic E-state index is -0.0562. The molecule has 7 nitrogen and oxygen atoms in total. The van der Waals surface area contributed by atoms with Gasteiger partial charge in [-0.2, -0.15) is 0 Å². The van der Waals surface area contributed by atoms with E-state index in [9.17, 15) is 4.79 Å². The monoisotopic (exact) mass is 470 g/mol. The van der Waals surface area contributed by atoms with Crippen molar-refractivity contribution in [2.75, 3.05) is 20.8 Å². The van der Waals surface area contributed by atoms with Crippen LogP contribution in [0.5, 0.6) is 11.5 Å². The summed E-state index contributed by atoms with van der Waals surface area (Å²) in [4.78, 5) is 19.4. The van der Waals surface area contributed by atoms with Gasteiger partial charge in [-0.25, -0.2) is 9.78 Å². The van der Waals surface area contributed by atoms with Gasteiger partial charge in [0.05, 0.1) is 37.6 Å². The van der Waals surface area contributed by atoms with E-state index in [-0.39, 0.29) is 12.1 Å². The van der Waals surface area contributed by atoms with E-state index in [4.69, 9.17) is 9.47 Å². The average Bonchev–Trinajstić information content (AvgIpc) is 3.55. The number of para-hydroxylation sites is 2. The molecule has 35 heavy (non-hydrogen) atoms. The molecule has 1 saturated heterocycles. The molecule has 1 N–H and O–H groups in total. The van der Waals surface area contributed by atoms with Crippen molar-refractivity contribution < 1.29 is 14.3 Å². The van der Waals surface area contributed by atoms with Crippen LogP contribution in [0, 0.1) is 0 Å². The number of aromatic nitrogens is 2. The van der Waals surface area contributed by atoms with Gasteiger partial charge in [0.1, 0.15) is 11.5 Å². The number of nitrogens with zero attached hydrogens (tertiary/aromatic N) is 3. The molecular formula is C28H30N4O3. The summed E-state index contributed by atoms with van der Waals surface area (Å²) in [5.74, 6) is 1.49. The second-order valence-corrected chi connectivity index (χ2v) is 8.80. The third-order valence-corrected chi connectivity index (χ3v) is 6.66. The van der Waals surface area contributed by atoms with Crippen LogP contribution in [0.2, 0.25) is 0 Å². The van der Waals surface area contributed by atoms with E-state index in [1.54, 1.807) is 14.2 Å². The molecule has 1 unspecified atom stereocenters. The first-order valence-electron chi connectivity index (χ1n) is 11.9. The Hall–Kier alpha value is -4.00. The third kappa shape index (κ3) is 4.80. The summed E-state index contributed by atoms with van der Waals surface area (Å²) in [5.41, 5.74) is 5.39. The molecule has 1 aromatic heterocycles. The van der Waals surface area contributed by atoms with Gasteiger partial charge >= 0.3 is 6.03 Å². The van der Waals surface area contributed by atoms with Crippen LogP contribution in [-0.2, 0) is 13.1 Å². The molecule has 0 bridgehead atoms. The Kier molecular flexibility index (Phi) is 6.57. The number of nitrogens with one attached hydrogen (secondary N) is 1. The Bertz CT molecular complexity index is 1320. The molecule has 0 aliphatic carbocycles. The molecule has 1 aliphatic rings. The van der Waals surface area contributed by atoms with E-state index in [1.165, 1.54) is 5.56 Å². The summed E-state index contributed by atoms with van der Waals surface area (Å²) in [6, 6.07) is 22.2. The van der Waals surface area contributed by atoms with E-state index >= 15 is 0 Å². The van der Waals surface area contributed by atoms with E-state index in [1.807, 2.05) is 47.6 Å². The van der Waals surface area contributed by atoms with Crippen molar-refractivity contribution in [1.29, 1.82) is 0 Å². The van der Waals surface area contributed by atoms with Gasteiger partial charge in [-0.15, -0.1) is 0 Å². The molecule has 2 amide bonds. The number of hydrogen-bond donors (Lipinski definition) is 1. The van der Waals surface area contributed by atoms with Crippen LogP contribution in [0.15, 0.2) is 73.1 Å². The number of benzene rings is 3. The molecule has 1 fully saturated rings. The summed E-state index contributed by atoms with van der Waals surface area (Å²) < 4.78 is 13.0. The summed E-state index contributed by atoms with van der Waals surface area (Å²) in [7, 11) is 3.28. The molecule has 0 saturated carbocycles. The Morgan fingerprint density at radius 2 is 1.83 bits per heavy atom. The minimum absolute atomic E-state index is 0.0109. The van der Waals surface area contributed by atoms with Gasteiger partial charge in [-0.3, -0.25) is 0 Å². The van der Waals surface area contributed by atoms with Gasteiger partial charge in [0.2, 0.25) is 0 Å². The van der Waals surface area contributed by atoms with Crippen molar-refractivity contribution in [3.8, 4) is 11.5 Å². The molecule has 4 aromatic rings. The van der Waals surface area contributed by atoms with Crippen molar-refractivity contribution >= 4 is 17.1 Å². The maximum absolute atomic E-state index is 13.1. The van der Waals surface area contributed by atoms with Crippen molar-refractivity contribution in [2.24, 2.45) is 0 Å². The van der Waals surface area contributed by atoms with E-state index in [2.05, 4.69) is 45.2 Å². The summed E-state index contributed by atoms with van der Waals surface area (Å²) in [6.07, 6.45) is 3.75. The quantitative estimate of drug-likeness (QED) is 0.406. The number of carbonyl (C=O) groups excluding carboxylic acids is 1. The van der Waals surface area contributed by atoms with Crippen LogP contribution >= 0.6 is 0 Å². The highest BCUT2D eigenvalue weighted by Crippen LogP contribution is 2.38. The standard InChI is InChI=1S/C28H30N4O3/c1-34-22-13-14-23(27(16-22)35-2)25-8-5-15-32(25)28(33)29-17-20-9-11-21(12-10-20)18-31-19-30-24-6-3-4-7-26(24)31/h3-4,6-7,9-14,16,19,25H,5,8,15,17-18H2,1-2H3,(H,29,33). The summed E-state index contributed by atoms with van der Waals surface area (Å²) in [5, 5.41) is 3.10. The highest BCUT2D eigenvalue weighted by atomic mass is 16.5. The second-order valence-electron chi connectivity index (χ2n) is 8.80. The number of ether oxygens (including phenoxy) is 2. The van der Waals surface area contributed by atoms with Gasteiger partial charge in [-0.1, -0.05) is 36.4 Å². The molecule has 1 atom stereocenters. The van der Waals surface area contributed by atoms with E-state index < -0.39 is 0 Å². The van der Waals surface area contributed by atoms with Crippen LogP contribution in [0.3, 0.4) is 0 Å². The molecular weight excluding hydrogens is 440 g/mol. The normalized spacial score (nSPS) is 15.4. The zero-order valence-electron chi connectivity index (χ0n) is 20.1. The number of imidazole rings is 1. The lowest BCUT2D eigenvalue weighted by atomic mass is 10.0. The number of hydrogen-bond acceptors (Lipinski definition) is 4. The first-order valence-corrected chi connectivity index (χ1v) is 11.9. The SMILES string of the molecule is COc1ccc(C2CCCN2C(=O)NCc2ccc(Cn3cnc4ccccc43)cc2)c(OC)c1. The highest BCUT2D eigenvalue weighted by molar-refractivity contribution is 5.76. The van der Waals surface area contributed by atoms with Gasteiger partial charge in [0.25, 0.3) is 0 Å². The number of likely N-dealkylation sites (tertiary alicyclic amines) is 1. The molecule has 0 radical (unpaired) electrons. The number of urea groups is 1. The molecule has 3 aromatic carbocycles. The highest BCUT2D eigenvalue weighted by Gasteiger charge is 2.32. The zero-order valence-corrected chi connectivity index (χ0v) is 20.1. The molecule has 180 valence electrons. The Morgan fingerprint density at radius 1 is 1.03 bits per heavy atom. The Balaban J connectivity index is 1.21. The van der Waals surface area contributed by atoms with Crippen molar-refractivity contribution in [1.82, 2.24) is 19.8 Å². The lowest BCUT2D eigenvalue weighted by molar-refractivity contribution is 0.191. The van der Waals surface area contributed by atoms with Crippen molar-refractivity contribution in [3.63, 3.8) is 0 Å². The van der Waals surface area contributed by atoms with Crippen LogP contribution in [0.4, 0.5) is 4.79 Å². The van der Waals surface area contributed by atoms with Crippen molar-refractivity contribution in [3.05, 3.63) is 89.7 Å². The Morgan fingerprint density at radius 3 is 2.63 bits per heavy atom. The fourth-order valence-electron chi connectivity index (χ4n) is 4.80. The number of fused-ring (bicyclic) bond motifs is 1. The largest absolute Gasteiger partial charge is 0.497 e. The van der Waals surface area contributed by atoms with E-state index in [0.29, 0.717) is 6.54 Å².